The van der Waals surface area contributed by atoms with Crippen LogP contribution in [-0.2, 0) is 19.7 Å². The monoisotopic (exact) mass is 210 g/mol. The fraction of sp³-hybridized carbons (Fsp3) is 0.833. The van der Waals surface area contributed by atoms with Gasteiger partial charge in [-0.3, -0.25) is 9.63 Å². The zero-order valence-electron chi connectivity index (χ0n) is 8.14. The SMILES string of the molecule is CON(C)C(=O)CN(C)S(C)(=O)=O. The summed E-state index contributed by atoms with van der Waals surface area (Å²) in [5, 5.41) is 0.974. The summed E-state index contributed by atoms with van der Waals surface area (Å²) in [5.74, 6) is -0.421. The third-order valence-corrected chi connectivity index (χ3v) is 2.81. The molecule has 0 aliphatic heterocycles. The van der Waals surface area contributed by atoms with Crippen molar-refractivity contribution in [3.63, 3.8) is 0 Å². The minimum absolute atomic E-state index is 0.219. The lowest BCUT2D eigenvalue weighted by atomic mass is 10.6. The molecular weight excluding hydrogens is 196 g/mol. The molecule has 0 radical (unpaired) electrons. The molecule has 7 heteroatoms. The van der Waals surface area contributed by atoms with Gasteiger partial charge in [0.05, 0.1) is 19.9 Å². The van der Waals surface area contributed by atoms with E-state index in [2.05, 4.69) is 4.84 Å². The molecule has 78 valence electrons. The predicted molar refractivity (Wildman–Crippen MR) is 47.3 cm³/mol. The van der Waals surface area contributed by atoms with E-state index in [1.54, 1.807) is 0 Å². The fourth-order valence-electron chi connectivity index (χ4n) is 0.509. The van der Waals surface area contributed by atoms with E-state index in [1.165, 1.54) is 21.2 Å². The lowest BCUT2D eigenvalue weighted by Gasteiger charge is -2.18. The van der Waals surface area contributed by atoms with Crippen LogP contribution in [0, 0.1) is 0 Å². The topological polar surface area (TPSA) is 66.9 Å². The number of hydrogen-bond acceptors (Lipinski definition) is 4. The zero-order valence-corrected chi connectivity index (χ0v) is 8.96. The van der Waals surface area contributed by atoms with Crippen LogP contribution >= 0.6 is 0 Å². The first-order valence-corrected chi connectivity index (χ1v) is 5.36. The van der Waals surface area contributed by atoms with E-state index in [0.29, 0.717) is 0 Å². The van der Waals surface area contributed by atoms with Crippen molar-refractivity contribution in [2.75, 3.05) is 34.0 Å². The van der Waals surface area contributed by atoms with E-state index in [-0.39, 0.29) is 6.54 Å². The number of hydroxylamine groups is 2. The number of sulfonamides is 1. The Bertz CT molecular complexity index is 274. The van der Waals surface area contributed by atoms with Crippen molar-refractivity contribution >= 4 is 15.9 Å². The molecule has 6 nitrogen and oxygen atoms in total. The fourth-order valence-corrected chi connectivity index (χ4v) is 0.854. The minimum atomic E-state index is -3.31. The van der Waals surface area contributed by atoms with Gasteiger partial charge in [0, 0.05) is 14.1 Å². The van der Waals surface area contributed by atoms with Gasteiger partial charge in [0.15, 0.2) is 0 Å². The Morgan fingerprint density at radius 2 is 1.85 bits per heavy atom. The van der Waals surface area contributed by atoms with Gasteiger partial charge in [0.25, 0.3) is 5.91 Å². The number of carbonyl (C=O) groups excluding carboxylic acids is 1. The summed E-state index contributed by atoms with van der Waals surface area (Å²) >= 11 is 0. The Hall–Kier alpha value is -0.660. The summed E-state index contributed by atoms with van der Waals surface area (Å²) in [6.45, 7) is -0.219. The van der Waals surface area contributed by atoms with Gasteiger partial charge >= 0.3 is 0 Å². The van der Waals surface area contributed by atoms with Gasteiger partial charge in [0.2, 0.25) is 10.0 Å². The molecule has 0 aromatic heterocycles. The normalized spacial score (nSPS) is 11.8. The highest BCUT2D eigenvalue weighted by Crippen LogP contribution is 1.94. The molecule has 0 aromatic rings. The van der Waals surface area contributed by atoms with Crippen molar-refractivity contribution in [3.05, 3.63) is 0 Å². The van der Waals surface area contributed by atoms with Crippen molar-refractivity contribution in [1.82, 2.24) is 9.37 Å². The average molecular weight is 210 g/mol. The first-order valence-electron chi connectivity index (χ1n) is 3.51. The molecular formula is C6H14N2O4S. The summed E-state index contributed by atoms with van der Waals surface area (Å²) in [5.41, 5.74) is 0. The molecule has 0 saturated heterocycles. The van der Waals surface area contributed by atoms with E-state index in [0.717, 1.165) is 15.6 Å². The standard InChI is InChI=1S/C6H14N2O4S/c1-7(13(4,10)11)5-6(9)8(2)12-3/h5H2,1-4H3. The number of hydrogen-bond donors (Lipinski definition) is 0. The van der Waals surface area contributed by atoms with Crippen LogP contribution in [0.3, 0.4) is 0 Å². The lowest BCUT2D eigenvalue weighted by molar-refractivity contribution is -0.168. The van der Waals surface area contributed by atoms with Crippen LogP contribution in [0.4, 0.5) is 0 Å². The van der Waals surface area contributed by atoms with E-state index < -0.39 is 15.9 Å². The van der Waals surface area contributed by atoms with Gasteiger partial charge in [-0.05, 0) is 0 Å². The van der Waals surface area contributed by atoms with Crippen LogP contribution in [0.1, 0.15) is 0 Å². The second-order valence-corrected chi connectivity index (χ2v) is 4.68. The number of likely N-dealkylation sites (N-methyl/N-ethyl adjacent to an activating group) is 2. The van der Waals surface area contributed by atoms with Crippen LogP contribution in [0.2, 0.25) is 0 Å². The van der Waals surface area contributed by atoms with Crippen molar-refractivity contribution in [2.45, 2.75) is 0 Å². The van der Waals surface area contributed by atoms with Crippen molar-refractivity contribution < 1.29 is 18.0 Å². The molecule has 13 heavy (non-hydrogen) atoms. The minimum Gasteiger partial charge on any atom is -0.275 e. The van der Waals surface area contributed by atoms with Gasteiger partial charge in [-0.1, -0.05) is 0 Å². The largest absolute Gasteiger partial charge is 0.275 e. The quantitative estimate of drug-likeness (QED) is 0.552. The van der Waals surface area contributed by atoms with Crippen LogP contribution in [0.15, 0.2) is 0 Å². The highest BCUT2D eigenvalue weighted by molar-refractivity contribution is 7.88. The molecule has 0 atom stereocenters. The zero-order chi connectivity index (χ0) is 10.6. The molecule has 1 amide bonds. The van der Waals surface area contributed by atoms with E-state index in [1.807, 2.05) is 0 Å². The summed E-state index contributed by atoms with van der Waals surface area (Å²) in [4.78, 5) is 15.7. The maximum atomic E-state index is 11.1. The molecule has 0 aromatic carbocycles. The molecule has 0 unspecified atom stereocenters. The van der Waals surface area contributed by atoms with Crippen LogP contribution in [0.25, 0.3) is 0 Å². The summed E-state index contributed by atoms with van der Waals surface area (Å²) < 4.78 is 22.7. The maximum Gasteiger partial charge on any atom is 0.261 e. The highest BCUT2D eigenvalue weighted by atomic mass is 32.2. The predicted octanol–water partition coefficient (Wildman–Crippen LogP) is -1.10. The summed E-state index contributed by atoms with van der Waals surface area (Å²) in [6.07, 6.45) is 1.03. The van der Waals surface area contributed by atoms with Crippen LogP contribution < -0.4 is 0 Å². The summed E-state index contributed by atoms with van der Waals surface area (Å²) in [6, 6.07) is 0. The van der Waals surface area contributed by atoms with Gasteiger partial charge in [-0.2, -0.15) is 4.31 Å². The molecule has 0 fully saturated rings. The molecule has 0 bridgehead atoms. The number of rotatable bonds is 4. The number of carbonyl (C=O) groups is 1. The first kappa shape index (κ1) is 12.3. The Morgan fingerprint density at radius 3 is 2.15 bits per heavy atom. The Morgan fingerprint density at radius 1 is 1.38 bits per heavy atom. The van der Waals surface area contributed by atoms with Gasteiger partial charge in [0.1, 0.15) is 0 Å². The average Bonchev–Trinajstić information content (AvgIpc) is 2.01. The lowest BCUT2D eigenvalue weighted by Crippen LogP contribution is -2.38. The molecule has 0 saturated carbocycles. The van der Waals surface area contributed by atoms with Gasteiger partial charge < -0.3 is 0 Å². The van der Waals surface area contributed by atoms with Crippen LogP contribution in [0.5, 0.6) is 0 Å². The van der Waals surface area contributed by atoms with Crippen LogP contribution in [-0.4, -0.2) is 57.7 Å². The van der Waals surface area contributed by atoms with Crippen molar-refractivity contribution in [2.24, 2.45) is 0 Å². The van der Waals surface area contributed by atoms with Crippen molar-refractivity contribution in [1.29, 1.82) is 0 Å². The molecule has 0 N–H and O–H groups in total. The van der Waals surface area contributed by atoms with E-state index in [9.17, 15) is 13.2 Å². The van der Waals surface area contributed by atoms with E-state index >= 15 is 0 Å². The van der Waals surface area contributed by atoms with Gasteiger partial charge in [-0.15, -0.1) is 0 Å². The molecule has 0 spiro atoms. The maximum absolute atomic E-state index is 11.1. The second-order valence-electron chi connectivity index (χ2n) is 2.59. The first-order chi connectivity index (χ1) is 5.79. The van der Waals surface area contributed by atoms with Crippen molar-refractivity contribution in [3.8, 4) is 0 Å². The van der Waals surface area contributed by atoms with E-state index in [4.69, 9.17) is 0 Å². The molecule has 0 rings (SSSR count). The Kier molecular flexibility index (Phi) is 4.31. The molecule has 0 heterocycles. The number of nitrogens with zero attached hydrogens (tertiary/aromatic N) is 2. The molecule has 0 aliphatic carbocycles. The van der Waals surface area contributed by atoms with Gasteiger partial charge in [-0.25, -0.2) is 13.5 Å². The Balaban J connectivity index is 4.23. The Labute approximate surface area is 78.1 Å². The third-order valence-electron chi connectivity index (χ3n) is 1.55. The smallest absolute Gasteiger partial charge is 0.261 e. The molecule has 0 aliphatic rings. The summed E-state index contributed by atoms with van der Waals surface area (Å²) in [7, 11) is 0.768. The number of amides is 1. The second kappa shape index (κ2) is 4.54. The third kappa shape index (κ3) is 4.20. The highest BCUT2D eigenvalue weighted by Gasteiger charge is 2.17.